The molecule has 2 saturated heterocycles. The molecule has 0 spiro atoms. The first-order valence-corrected chi connectivity index (χ1v) is 14.3. The second kappa shape index (κ2) is 13.2. The Bertz CT molecular complexity index is 944. The number of amides is 3. The third-order valence-electron chi connectivity index (χ3n) is 6.35. The Labute approximate surface area is 238 Å². The van der Waals surface area contributed by atoms with Gasteiger partial charge in [0.25, 0.3) is 0 Å². The minimum atomic E-state index is -1.09. The molecule has 3 amide bonds. The van der Waals surface area contributed by atoms with Crippen molar-refractivity contribution in [2.45, 2.75) is 142 Å². The molecule has 0 saturated carbocycles. The van der Waals surface area contributed by atoms with E-state index in [2.05, 4.69) is 5.32 Å². The van der Waals surface area contributed by atoms with Gasteiger partial charge in [-0.05, 0) is 101 Å². The van der Waals surface area contributed by atoms with Crippen LogP contribution in [0.1, 0.15) is 107 Å². The van der Waals surface area contributed by atoms with E-state index >= 15 is 0 Å². The number of hydrogen-bond acceptors (Lipinski definition) is 8. The highest BCUT2D eigenvalue weighted by molar-refractivity contribution is 5.92. The fourth-order valence-electron chi connectivity index (χ4n) is 4.83. The van der Waals surface area contributed by atoms with Crippen molar-refractivity contribution < 1.29 is 38.2 Å². The molecule has 0 unspecified atom stereocenters. The van der Waals surface area contributed by atoms with Crippen molar-refractivity contribution in [2.24, 2.45) is 0 Å². The number of nitrogens with zero attached hydrogens (tertiary/aromatic N) is 2. The molecule has 0 aromatic rings. The van der Waals surface area contributed by atoms with Gasteiger partial charge in [0.1, 0.15) is 35.4 Å². The predicted octanol–water partition coefficient (Wildman–Crippen LogP) is 3.72. The van der Waals surface area contributed by atoms with E-state index in [4.69, 9.17) is 14.2 Å². The Kier molecular flexibility index (Phi) is 11.0. The molecule has 2 fully saturated rings. The Balaban J connectivity index is 2.19. The van der Waals surface area contributed by atoms with Gasteiger partial charge in [-0.1, -0.05) is 0 Å². The summed E-state index contributed by atoms with van der Waals surface area (Å²) in [6, 6.07) is -2.03. The van der Waals surface area contributed by atoms with Crippen LogP contribution in [0.2, 0.25) is 0 Å². The Morgan fingerprint density at radius 2 is 1.45 bits per heavy atom. The third-order valence-corrected chi connectivity index (χ3v) is 6.35. The smallest absolute Gasteiger partial charge is 0.410 e. The van der Waals surface area contributed by atoms with Gasteiger partial charge in [-0.25, -0.2) is 9.59 Å². The summed E-state index contributed by atoms with van der Waals surface area (Å²) in [6.45, 7) is 15.9. The number of fused-ring (bicyclic) bond motifs is 1. The van der Waals surface area contributed by atoms with Crippen LogP contribution in [0.3, 0.4) is 0 Å². The van der Waals surface area contributed by atoms with E-state index in [0.29, 0.717) is 25.8 Å². The molecule has 40 heavy (non-hydrogen) atoms. The Hall–Kier alpha value is -2.85. The highest BCUT2D eigenvalue weighted by Crippen LogP contribution is 2.30. The number of hydrogen-bond donors (Lipinski definition) is 1. The zero-order valence-electron chi connectivity index (χ0n) is 25.8. The minimum Gasteiger partial charge on any atom is -0.460 e. The zero-order valence-corrected chi connectivity index (χ0v) is 25.8. The lowest BCUT2D eigenvalue weighted by atomic mass is 10.1. The number of rotatable bonds is 6. The van der Waals surface area contributed by atoms with Gasteiger partial charge in [0, 0.05) is 19.0 Å². The summed E-state index contributed by atoms with van der Waals surface area (Å²) in [5, 5.41) is 2.75. The lowest BCUT2D eigenvalue weighted by Gasteiger charge is -2.32. The molecule has 0 aromatic carbocycles. The largest absolute Gasteiger partial charge is 0.460 e. The number of carbonyl (C=O) groups excluding carboxylic acids is 5. The average molecular weight is 568 g/mol. The summed E-state index contributed by atoms with van der Waals surface area (Å²) in [5.74, 6) is -1.98. The summed E-state index contributed by atoms with van der Waals surface area (Å²) in [7, 11) is 0. The van der Waals surface area contributed by atoms with Gasteiger partial charge >= 0.3 is 18.0 Å². The van der Waals surface area contributed by atoms with Crippen molar-refractivity contribution in [1.29, 1.82) is 0 Å². The second-order valence-electron chi connectivity index (χ2n) is 13.7. The first-order valence-electron chi connectivity index (χ1n) is 14.3. The topological polar surface area (TPSA) is 132 Å². The van der Waals surface area contributed by atoms with Crippen LogP contribution in [0.25, 0.3) is 0 Å². The van der Waals surface area contributed by atoms with E-state index in [1.54, 1.807) is 67.2 Å². The van der Waals surface area contributed by atoms with Gasteiger partial charge in [0.15, 0.2) is 0 Å². The summed E-state index contributed by atoms with van der Waals surface area (Å²) in [5.41, 5.74) is -2.18. The molecule has 2 aliphatic rings. The molecular weight excluding hydrogens is 518 g/mol. The average Bonchev–Trinajstić information content (AvgIpc) is 3.20. The van der Waals surface area contributed by atoms with Crippen LogP contribution < -0.4 is 5.32 Å². The molecule has 11 nitrogen and oxygen atoms in total. The monoisotopic (exact) mass is 567 g/mol. The first kappa shape index (κ1) is 33.4. The maximum Gasteiger partial charge on any atom is 0.410 e. The van der Waals surface area contributed by atoms with Crippen LogP contribution in [0, 0.1) is 0 Å². The fourth-order valence-corrected chi connectivity index (χ4v) is 4.83. The lowest BCUT2D eigenvalue weighted by Crippen LogP contribution is -2.55. The normalized spacial score (nSPS) is 21.4. The van der Waals surface area contributed by atoms with Crippen molar-refractivity contribution in [3.8, 4) is 0 Å². The molecule has 0 aliphatic carbocycles. The SMILES string of the molecule is CC(C)(C)OC(=O)CC[C@@H](NC(=O)[C@@H]1CC[C@H]2CCCCN(C(=O)OC(C)(C)C)CC(=O)N21)C(=O)OC(C)(C)C. The highest BCUT2D eigenvalue weighted by atomic mass is 16.6. The van der Waals surface area contributed by atoms with Gasteiger partial charge in [0.05, 0.1) is 0 Å². The summed E-state index contributed by atoms with van der Waals surface area (Å²) in [4.78, 5) is 68.1. The van der Waals surface area contributed by atoms with Crippen molar-refractivity contribution in [3.05, 3.63) is 0 Å². The van der Waals surface area contributed by atoms with Crippen molar-refractivity contribution in [1.82, 2.24) is 15.1 Å². The fraction of sp³-hybridized carbons (Fsp3) is 0.828. The van der Waals surface area contributed by atoms with E-state index < -0.39 is 52.8 Å². The molecule has 228 valence electrons. The summed E-state index contributed by atoms with van der Waals surface area (Å²) in [6.07, 6.45) is 2.64. The van der Waals surface area contributed by atoms with E-state index in [9.17, 15) is 24.0 Å². The second-order valence-corrected chi connectivity index (χ2v) is 13.7. The maximum absolute atomic E-state index is 13.6. The van der Waals surface area contributed by atoms with Crippen molar-refractivity contribution >= 4 is 29.8 Å². The Morgan fingerprint density at radius 1 is 0.850 bits per heavy atom. The van der Waals surface area contributed by atoms with Crippen LogP contribution in [0.4, 0.5) is 4.79 Å². The molecule has 0 aromatic heterocycles. The molecule has 0 bridgehead atoms. The number of esters is 2. The Morgan fingerprint density at radius 3 is 2.02 bits per heavy atom. The molecule has 2 rings (SSSR count). The molecule has 11 heteroatoms. The zero-order chi connectivity index (χ0) is 30.5. The van der Waals surface area contributed by atoms with Crippen LogP contribution in [-0.2, 0) is 33.4 Å². The number of nitrogens with one attached hydrogen (secondary N) is 1. The summed E-state index contributed by atoms with van der Waals surface area (Å²) >= 11 is 0. The molecule has 0 radical (unpaired) electrons. The van der Waals surface area contributed by atoms with Crippen molar-refractivity contribution in [2.75, 3.05) is 13.1 Å². The molecule has 2 heterocycles. The highest BCUT2D eigenvalue weighted by Gasteiger charge is 2.43. The van der Waals surface area contributed by atoms with E-state index in [-0.39, 0.29) is 31.3 Å². The van der Waals surface area contributed by atoms with Gasteiger partial charge in [0.2, 0.25) is 11.8 Å². The van der Waals surface area contributed by atoms with Gasteiger partial charge in [-0.15, -0.1) is 0 Å². The van der Waals surface area contributed by atoms with Crippen molar-refractivity contribution in [3.63, 3.8) is 0 Å². The van der Waals surface area contributed by atoms with Crippen LogP contribution in [0.5, 0.6) is 0 Å². The standard InChI is InChI=1S/C29H49N3O8/c1-27(2,3)38-23(34)16-14-20(25(36)39-28(4,5)6)30-24(35)21-15-13-19-12-10-11-17-31(18-22(33)32(19)21)26(37)40-29(7,8)9/h19-21H,10-18H2,1-9H3,(H,30,35)/t19-,20-,21+/m1/s1. The van der Waals surface area contributed by atoms with Gasteiger partial charge in [-0.3, -0.25) is 19.3 Å². The quantitative estimate of drug-likeness (QED) is 0.380. The van der Waals surface area contributed by atoms with E-state index in [0.717, 1.165) is 12.8 Å². The van der Waals surface area contributed by atoms with E-state index in [1.165, 1.54) is 4.90 Å². The number of ether oxygens (including phenoxy) is 3. The van der Waals surface area contributed by atoms with E-state index in [1.807, 2.05) is 0 Å². The molecule has 3 atom stereocenters. The lowest BCUT2D eigenvalue weighted by molar-refractivity contribution is -0.160. The van der Waals surface area contributed by atoms with Crippen LogP contribution in [0.15, 0.2) is 0 Å². The number of carbonyl (C=O) groups is 5. The summed E-state index contributed by atoms with van der Waals surface area (Å²) < 4.78 is 16.4. The molecule has 2 aliphatic heterocycles. The third kappa shape index (κ3) is 11.0. The molecule has 1 N–H and O–H groups in total. The predicted molar refractivity (Wildman–Crippen MR) is 148 cm³/mol. The van der Waals surface area contributed by atoms with Gasteiger partial charge in [-0.2, -0.15) is 0 Å². The van der Waals surface area contributed by atoms with Crippen LogP contribution in [-0.4, -0.2) is 87.7 Å². The molecular formula is C29H49N3O8. The first-order chi connectivity index (χ1) is 18.3. The van der Waals surface area contributed by atoms with Crippen LogP contribution >= 0.6 is 0 Å². The minimum absolute atomic E-state index is 0.00785. The van der Waals surface area contributed by atoms with Gasteiger partial charge < -0.3 is 24.4 Å². The maximum atomic E-state index is 13.6.